The standard InChI is InChI=1S/C19H17FO5/c1-12(19(22)14-4-6-15(20)7-5-14)25-18(21)9-3-13-2-8-16-17(10-13)24-11-23-16/h2,4-8,10,12H,3,9,11H2,1H3/t12-/m1/s1. The molecule has 3 rings (SSSR count). The van der Waals surface area contributed by atoms with Gasteiger partial charge in [-0.1, -0.05) is 6.07 Å². The van der Waals surface area contributed by atoms with Crippen LogP contribution in [0.4, 0.5) is 4.39 Å². The van der Waals surface area contributed by atoms with E-state index in [1.807, 2.05) is 12.1 Å². The summed E-state index contributed by atoms with van der Waals surface area (Å²) < 4.78 is 28.6. The van der Waals surface area contributed by atoms with E-state index in [1.54, 1.807) is 6.07 Å². The van der Waals surface area contributed by atoms with Gasteiger partial charge in [-0.3, -0.25) is 9.59 Å². The third kappa shape index (κ3) is 4.15. The van der Waals surface area contributed by atoms with Gasteiger partial charge in [0.15, 0.2) is 17.6 Å². The predicted molar refractivity (Wildman–Crippen MR) is 87.2 cm³/mol. The van der Waals surface area contributed by atoms with Crippen LogP contribution in [0.1, 0.15) is 29.3 Å². The highest BCUT2D eigenvalue weighted by Crippen LogP contribution is 2.32. The molecule has 2 aromatic carbocycles. The number of Topliss-reactive ketones (excluding diaryl/α,β-unsaturated/α-hetero) is 1. The van der Waals surface area contributed by atoms with E-state index in [0.29, 0.717) is 23.5 Å². The SMILES string of the molecule is C[C@@H](OC(=O)CCc1ccc2c(c1)OCO2)C(=O)c1ccc(F)cc1. The lowest BCUT2D eigenvalue weighted by Crippen LogP contribution is -2.24. The fraction of sp³-hybridized carbons (Fsp3) is 0.263. The summed E-state index contributed by atoms with van der Waals surface area (Å²) in [5, 5.41) is 0. The zero-order valence-corrected chi connectivity index (χ0v) is 13.7. The van der Waals surface area contributed by atoms with Crippen LogP contribution in [0, 0.1) is 5.82 Å². The number of hydrogen-bond donors (Lipinski definition) is 0. The van der Waals surface area contributed by atoms with E-state index in [0.717, 1.165) is 5.56 Å². The molecule has 1 heterocycles. The van der Waals surface area contributed by atoms with Crippen LogP contribution in [0.5, 0.6) is 11.5 Å². The fourth-order valence-corrected chi connectivity index (χ4v) is 2.50. The first kappa shape index (κ1) is 17.0. The molecule has 0 unspecified atom stereocenters. The first-order chi connectivity index (χ1) is 12.0. The Morgan fingerprint density at radius 2 is 1.84 bits per heavy atom. The van der Waals surface area contributed by atoms with E-state index in [-0.39, 0.29) is 19.0 Å². The Labute approximate surface area is 144 Å². The quantitative estimate of drug-likeness (QED) is 0.594. The topological polar surface area (TPSA) is 61.8 Å². The number of benzene rings is 2. The largest absolute Gasteiger partial charge is 0.454 e. The number of fused-ring (bicyclic) bond motifs is 1. The van der Waals surface area contributed by atoms with Gasteiger partial charge in [0.25, 0.3) is 0 Å². The second-order valence-electron chi connectivity index (χ2n) is 5.69. The van der Waals surface area contributed by atoms with Gasteiger partial charge in [0.05, 0.1) is 0 Å². The molecule has 25 heavy (non-hydrogen) atoms. The van der Waals surface area contributed by atoms with Crippen LogP contribution in [-0.4, -0.2) is 24.6 Å². The van der Waals surface area contributed by atoms with Crippen molar-refractivity contribution < 1.29 is 28.2 Å². The molecule has 0 N–H and O–H groups in total. The van der Waals surface area contributed by atoms with E-state index in [2.05, 4.69) is 0 Å². The lowest BCUT2D eigenvalue weighted by molar-refractivity contribution is -0.146. The monoisotopic (exact) mass is 344 g/mol. The summed E-state index contributed by atoms with van der Waals surface area (Å²) in [6.45, 7) is 1.70. The van der Waals surface area contributed by atoms with Crippen LogP contribution in [0.15, 0.2) is 42.5 Å². The number of rotatable bonds is 6. The van der Waals surface area contributed by atoms with E-state index >= 15 is 0 Å². The summed E-state index contributed by atoms with van der Waals surface area (Å²) in [7, 11) is 0. The summed E-state index contributed by atoms with van der Waals surface area (Å²) >= 11 is 0. The average Bonchev–Trinajstić information content (AvgIpc) is 3.07. The van der Waals surface area contributed by atoms with Gasteiger partial charge in [0.2, 0.25) is 12.6 Å². The Bertz CT molecular complexity index is 785. The predicted octanol–water partition coefficient (Wildman–Crippen LogP) is 3.30. The van der Waals surface area contributed by atoms with E-state index < -0.39 is 17.9 Å². The van der Waals surface area contributed by atoms with Gasteiger partial charge in [-0.2, -0.15) is 0 Å². The molecule has 0 fully saturated rings. The van der Waals surface area contributed by atoms with Crippen LogP contribution in [-0.2, 0) is 16.0 Å². The van der Waals surface area contributed by atoms with Gasteiger partial charge in [0, 0.05) is 12.0 Å². The molecule has 1 aliphatic heterocycles. The van der Waals surface area contributed by atoms with Crippen LogP contribution in [0.2, 0.25) is 0 Å². The lowest BCUT2D eigenvalue weighted by atomic mass is 10.1. The van der Waals surface area contributed by atoms with Gasteiger partial charge in [-0.15, -0.1) is 0 Å². The van der Waals surface area contributed by atoms with Crippen molar-refractivity contribution in [2.24, 2.45) is 0 Å². The Morgan fingerprint density at radius 3 is 2.60 bits per heavy atom. The molecule has 0 spiro atoms. The number of esters is 1. The van der Waals surface area contributed by atoms with Crippen molar-refractivity contribution in [2.75, 3.05) is 6.79 Å². The molecule has 1 aliphatic rings. The minimum Gasteiger partial charge on any atom is -0.454 e. The third-order valence-electron chi connectivity index (χ3n) is 3.86. The molecule has 0 bridgehead atoms. The van der Waals surface area contributed by atoms with Crippen LogP contribution in [0.3, 0.4) is 0 Å². The van der Waals surface area contributed by atoms with Gasteiger partial charge in [-0.25, -0.2) is 4.39 Å². The number of carbonyl (C=O) groups is 2. The number of aryl methyl sites for hydroxylation is 1. The van der Waals surface area contributed by atoms with E-state index in [4.69, 9.17) is 14.2 Å². The highest BCUT2D eigenvalue weighted by Gasteiger charge is 2.20. The van der Waals surface area contributed by atoms with Crippen molar-refractivity contribution in [3.05, 3.63) is 59.4 Å². The minimum atomic E-state index is -0.922. The summed E-state index contributed by atoms with van der Waals surface area (Å²) in [5.41, 5.74) is 1.22. The lowest BCUT2D eigenvalue weighted by Gasteiger charge is -2.12. The van der Waals surface area contributed by atoms with Gasteiger partial charge in [0.1, 0.15) is 5.82 Å². The van der Waals surface area contributed by atoms with Crippen LogP contribution in [0.25, 0.3) is 0 Å². The normalized spacial score (nSPS) is 13.4. The fourth-order valence-electron chi connectivity index (χ4n) is 2.50. The molecule has 5 nitrogen and oxygen atoms in total. The van der Waals surface area contributed by atoms with Crippen molar-refractivity contribution in [2.45, 2.75) is 25.9 Å². The molecule has 6 heteroatoms. The molecular formula is C19H17FO5. The highest BCUT2D eigenvalue weighted by molar-refractivity contribution is 6.00. The summed E-state index contributed by atoms with van der Waals surface area (Å²) in [4.78, 5) is 24.1. The Balaban J connectivity index is 1.51. The van der Waals surface area contributed by atoms with Crippen molar-refractivity contribution in [1.82, 2.24) is 0 Å². The first-order valence-electron chi connectivity index (χ1n) is 7.91. The molecule has 0 saturated carbocycles. The Kier molecular flexibility index (Phi) is 4.97. The maximum Gasteiger partial charge on any atom is 0.306 e. The van der Waals surface area contributed by atoms with Crippen molar-refractivity contribution in [3.63, 3.8) is 0 Å². The first-order valence-corrected chi connectivity index (χ1v) is 7.91. The third-order valence-corrected chi connectivity index (χ3v) is 3.86. The number of ether oxygens (including phenoxy) is 3. The second-order valence-corrected chi connectivity index (χ2v) is 5.69. The summed E-state index contributed by atoms with van der Waals surface area (Å²) in [5.74, 6) is 0.0811. The second kappa shape index (κ2) is 7.34. The molecule has 0 aliphatic carbocycles. The molecular weight excluding hydrogens is 327 g/mol. The zero-order valence-electron chi connectivity index (χ0n) is 13.7. The maximum atomic E-state index is 12.9. The number of ketones is 1. The van der Waals surface area contributed by atoms with Gasteiger partial charge >= 0.3 is 5.97 Å². The molecule has 0 amide bonds. The van der Waals surface area contributed by atoms with E-state index in [1.165, 1.54) is 31.2 Å². The maximum absolute atomic E-state index is 12.9. The van der Waals surface area contributed by atoms with Crippen LogP contribution >= 0.6 is 0 Å². The number of carbonyl (C=O) groups excluding carboxylic acids is 2. The Hall–Kier alpha value is -2.89. The number of halogens is 1. The van der Waals surface area contributed by atoms with Crippen LogP contribution < -0.4 is 9.47 Å². The highest BCUT2D eigenvalue weighted by atomic mass is 19.1. The molecule has 0 radical (unpaired) electrons. The minimum absolute atomic E-state index is 0.140. The molecule has 0 aromatic heterocycles. The average molecular weight is 344 g/mol. The van der Waals surface area contributed by atoms with Crippen molar-refractivity contribution >= 4 is 11.8 Å². The Morgan fingerprint density at radius 1 is 1.12 bits per heavy atom. The van der Waals surface area contributed by atoms with Crippen molar-refractivity contribution in [3.8, 4) is 11.5 Å². The van der Waals surface area contributed by atoms with E-state index in [9.17, 15) is 14.0 Å². The summed E-state index contributed by atoms with van der Waals surface area (Å²) in [6, 6.07) is 10.6. The smallest absolute Gasteiger partial charge is 0.306 e. The molecule has 1 atom stereocenters. The van der Waals surface area contributed by atoms with Gasteiger partial charge in [-0.05, 0) is 55.3 Å². The molecule has 130 valence electrons. The number of hydrogen-bond acceptors (Lipinski definition) is 5. The van der Waals surface area contributed by atoms with Gasteiger partial charge < -0.3 is 14.2 Å². The summed E-state index contributed by atoms with van der Waals surface area (Å²) in [6.07, 6.45) is -0.317. The van der Waals surface area contributed by atoms with Crippen molar-refractivity contribution in [1.29, 1.82) is 0 Å². The molecule has 2 aromatic rings. The zero-order chi connectivity index (χ0) is 17.8. The molecule has 0 saturated heterocycles.